The Kier molecular flexibility index (Phi) is 5.80. The van der Waals surface area contributed by atoms with Gasteiger partial charge >= 0.3 is 6.18 Å². The zero-order valence-electron chi connectivity index (χ0n) is 16.4. The quantitative estimate of drug-likeness (QED) is 0.571. The molecule has 4 rings (SSSR count). The van der Waals surface area contributed by atoms with Gasteiger partial charge in [0.05, 0.1) is 5.56 Å². The van der Waals surface area contributed by atoms with Crippen LogP contribution in [0.3, 0.4) is 0 Å². The minimum absolute atomic E-state index is 0.0256. The molecule has 162 valence electrons. The second kappa shape index (κ2) is 8.22. The lowest BCUT2D eigenvalue weighted by Crippen LogP contribution is -2.39. The lowest BCUT2D eigenvalue weighted by atomic mass is 9.86. The topological polar surface area (TPSA) is 52.2 Å². The second-order valence-electron chi connectivity index (χ2n) is 7.59. The predicted molar refractivity (Wildman–Crippen MR) is 105 cm³/mol. The molecule has 2 aromatic rings. The van der Waals surface area contributed by atoms with Gasteiger partial charge in [0.2, 0.25) is 0 Å². The molecule has 2 aliphatic rings. The summed E-state index contributed by atoms with van der Waals surface area (Å²) in [5.74, 6) is -1.90. The third kappa shape index (κ3) is 3.94. The van der Waals surface area contributed by atoms with E-state index in [4.69, 9.17) is 0 Å². The van der Waals surface area contributed by atoms with Crippen molar-refractivity contribution in [2.75, 3.05) is 25.9 Å². The molecule has 5 nitrogen and oxygen atoms in total. The van der Waals surface area contributed by atoms with E-state index in [1.165, 1.54) is 12.1 Å². The average Bonchev–Trinajstić information content (AvgIpc) is 3.15. The largest absolute Gasteiger partial charge is 0.419 e. The Hall–Kier alpha value is -2.07. The van der Waals surface area contributed by atoms with E-state index in [-0.39, 0.29) is 11.5 Å². The summed E-state index contributed by atoms with van der Waals surface area (Å²) in [7, 11) is 0. The molecule has 1 aromatic heterocycles. The van der Waals surface area contributed by atoms with Crippen LogP contribution < -0.4 is 0 Å². The molecule has 2 aliphatic heterocycles. The number of carbonyl (C=O) groups is 1. The van der Waals surface area contributed by atoms with Crippen LogP contribution in [-0.2, 0) is 19.1 Å². The number of piperidine rings is 1. The number of rotatable bonds is 3. The maximum absolute atomic E-state index is 13.9. The summed E-state index contributed by atoms with van der Waals surface area (Å²) in [6.07, 6.45) is -1.27. The van der Waals surface area contributed by atoms with Gasteiger partial charge in [-0.15, -0.1) is 0 Å². The van der Waals surface area contributed by atoms with E-state index in [0.717, 1.165) is 30.3 Å². The number of hydrogen-bond acceptors (Lipinski definition) is 4. The van der Waals surface area contributed by atoms with Gasteiger partial charge in [0.1, 0.15) is 5.82 Å². The SMILES string of the molecule is CSN1CCc2[nH]nc(C(=O)N3CCC(c4cccc(F)c4C(F)(F)F)CC3)c2C1. The summed E-state index contributed by atoms with van der Waals surface area (Å²) in [6, 6.07) is 3.49. The number of amides is 1. The number of alkyl halides is 3. The van der Waals surface area contributed by atoms with Crippen molar-refractivity contribution in [3.63, 3.8) is 0 Å². The first-order chi connectivity index (χ1) is 14.3. The van der Waals surface area contributed by atoms with Crippen molar-refractivity contribution in [1.82, 2.24) is 19.4 Å². The molecular formula is C20H22F4N4OS. The zero-order valence-corrected chi connectivity index (χ0v) is 17.2. The zero-order chi connectivity index (χ0) is 21.5. The molecule has 1 N–H and O–H groups in total. The van der Waals surface area contributed by atoms with Gasteiger partial charge in [0.25, 0.3) is 5.91 Å². The first-order valence-electron chi connectivity index (χ1n) is 9.79. The van der Waals surface area contributed by atoms with Crippen molar-refractivity contribution in [3.8, 4) is 0 Å². The number of likely N-dealkylation sites (tertiary alicyclic amines) is 1. The third-order valence-corrected chi connectivity index (χ3v) is 6.74. The molecule has 1 aromatic carbocycles. The van der Waals surface area contributed by atoms with Gasteiger partial charge in [0.15, 0.2) is 5.69 Å². The van der Waals surface area contributed by atoms with Gasteiger partial charge in [-0.25, -0.2) is 8.70 Å². The molecule has 0 saturated carbocycles. The number of aromatic nitrogens is 2. The highest BCUT2D eigenvalue weighted by Crippen LogP contribution is 2.40. The van der Waals surface area contributed by atoms with Gasteiger partial charge in [-0.1, -0.05) is 24.1 Å². The van der Waals surface area contributed by atoms with Crippen molar-refractivity contribution in [1.29, 1.82) is 0 Å². The summed E-state index contributed by atoms with van der Waals surface area (Å²) in [5, 5.41) is 7.18. The van der Waals surface area contributed by atoms with Gasteiger partial charge in [-0.3, -0.25) is 9.89 Å². The lowest BCUT2D eigenvalue weighted by Gasteiger charge is -2.33. The Morgan fingerprint density at radius 2 is 1.97 bits per heavy atom. The van der Waals surface area contributed by atoms with Gasteiger partial charge < -0.3 is 4.90 Å². The van der Waals surface area contributed by atoms with Crippen LogP contribution in [0.2, 0.25) is 0 Å². The van der Waals surface area contributed by atoms with Crippen LogP contribution in [0.15, 0.2) is 18.2 Å². The molecule has 1 amide bonds. The van der Waals surface area contributed by atoms with Crippen LogP contribution in [0.5, 0.6) is 0 Å². The molecule has 1 fully saturated rings. The highest BCUT2D eigenvalue weighted by molar-refractivity contribution is 7.96. The maximum atomic E-state index is 13.9. The standard InChI is InChI=1S/C20H22F4N4OS/c1-30-28-10-7-16-14(11-28)18(26-25-16)19(29)27-8-5-12(6-9-27)13-3-2-4-15(21)17(13)20(22,23)24/h2-4,12H,5-11H2,1H3,(H,25,26). The summed E-state index contributed by atoms with van der Waals surface area (Å²) >= 11 is 1.62. The number of aromatic amines is 1. The molecule has 0 unspecified atom stereocenters. The maximum Gasteiger partial charge on any atom is 0.419 e. The van der Waals surface area contributed by atoms with Crippen molar-refractivity contribution in [2.24, 2.45) is 0 Å². The first-order valence-corrected chi connectivity index (χ1v) is 11.0. The van der Waals surface area contributed by atoms with Gasteiger partial charge in [-0.2, -0.15) is 18.3 Å². The second-order valence-corrected chi connectivity index (χ2v) is 8.48. The molecule has 0 aliphatic carbocycles. The van der Waals surface area contributed by atoms with E-state index >= 15 is 0 Å². The van der Waals surface area contributed by atoms with Crippen molar-refractivity contribution in [2.45, 2.75) is 37.9 Å². The Bertz CT molecular complexity index is 937. The lowest BCUT2D eigenvalue weighted by molar-refractivity contribution is -0.140. The van der Waals surface area contributed by atoms with Crippen LogP contribution in [0, 0.1) is 5.82 Å². The Labute approximate surface area is 175 Å². The van der Waals surface area contributed by atoms with Gasteiger partial charge in [0, 0.05) is 43.9 Å². The van der Waals surface area contributed by atoms with Crippen LogP contribution in [0.1, 0.15) is 51.6 Å². The van der Waals surface area contributed by atoms with E-state index in [0.29, 0.717) is 38.2 Å². The number of halogens is 4. The number of nitrogens with one attached hydrogen (secondary N) is 1. The molecule has 0 atom stereocenters. The van der Waals surface area contributed by atoms with Crippen LogP contribution in [0.25, 0.3) is 0 Å². The monoisotopic (exact) mass is 442 g/mol. The van der Waals surface area contributed by atoms with E-state index in [9.17, 15) is 22.4 Å². The third-order valence-electron chi connectivity index (χ3n) is 5.91. The Morgan fingerprint density at radius 1 is 1.23 bits per heavy atom. The summed E-state index contributed by atoms with van der Waals surface area (Å²) < 4.78 is 56.1. The molecular weight excluding hydrogens is 420 g/mol. The summed E-state index contributed by atoms with van der Waals surface area (Å²) in [5.41, 5.74) is 1.04. The van der Waals surface area contributed by atoms with Crippen molar-refractivity contribution >= 4 is 17.9 Å². The van der Waals surface area contributed by atoms with E-state index in [1.54, 1.807) is 16.8 Å². The highest BCUT2D eigenvalue weighted by Gasteiger charge is 2.39. The van der Waals surface area contributed by atoms with Crippen molar-refractivity contribution < 1.29 is 22.4 Å². The number of carbonyl (C=O) groups excluding carboxylic acids is 1. The van der Waals surface area contributed by atoms with Crippen LogP contribution in [0.4, 0.5) is 17.6 Å². The highest BCUT2D eigenvalue weighted by atomic mass is 32.2. The van der Waals surface area contributed by atoms with E-state index in [1.807, 2.05) is 6.26 Å². The number of hydrogen-bond donors (Lipinski definition) is 1. The normalized spacial score (nSPS) is 18.5. The molecule has 10 heteroatoms. The van der Waals surface area contributed by atoms with Gasteiger partial charge in [-0.05, 0) is 36.6 Å². The number of fused-ring (bicyclic) bond motifs is 1. The fraction of sp³-hybridized carbons (Fsp3) is 0.500. The summed E-state index contributed by atoms with van der Waals surface area (Å²) in [6.45, 7) is 2.13. The minimum Gasteiger partial charge on any atom is -0.337 e. The first kappa shape index (κ1) is 21.2. The fourth-order valence-electron chi connectivity index (χ4n) is 4.33. The predicted octanol–water partition coefficient (Wildman–Crippen LogP) is 4.22. The molecule has 0 radical (unpaired) electrons. The summed E-state index contributed by atoms with van der Waals surface area (Å²) in [4.78, 5) is 14.7. The molecule has 3 heterocycles. The molecule has 0 bridgehead atoms. The van der Waals surface area contributed by atoms with E-state index in [2.05, 4.69) is 14.5 Å². The van der Waals surface area contributed by atoms with Crippen molar-refractivity contribution in [3.05, 3.63) is 52.1 Å². The van der Waals surface area contributed by atoms with E-state index < -0.39 is 23.5 Å². The molecule has 0 spiro atoms. The van der Waals surface area contributed by atoms with Crippen LogP contribution >= 0.6 is 11.9 Å². The molecule has 30 heavy (non-hydrogen) atoms. The molecule has 1 saturated heterocycles. The Morgan fingerprint density at radius 3 is 2.63 bits per heavy atom. The number of nitrogens with zero attached hydrogens (tertiary/aromatic N) is 3. The smallest absolute Gasteiger partial charge is 0.337 e. The number of H-pyrrole nitrogens is 1. The average molecular weight is 442 g/mol. The van der Waals surface area contributed by atoms with Crippen LogP contribution in [-0.4, -0.2) is 51.2 Å². The minimum atomic E-state index is -4.75. The fourth-order valence-corrected chi connectivity index (χ4v) is 4.86. The number of benzene rings is 1. The Balaban J connectivity index is 1.48.